The van der Waals surface area contributed by atoms with Crippen molar-refractivity contribution in [2.24, 2.45) is 0 Å². The van der Waals surface area contributed by atoms with Crippen molar-refractivity contribution < 1.29 is 74.4 Å². The molecule has 16 heteroatoms. The van der Waals surface area contributed by atoms with Gasteiger partial charge in [-0.1, -0.05) is 0 Å². The van der Waals surface area contributed by atoms with Crippen LogP contribution < -0.4 is 5.32 Å². The Morgan fingerprint density at radius 2 is 1.25 bits per heavy atom. The molecule has 0 aromatic rings. The highest BCUT2D eigenvalue weighted by atomic mass is 16.7. The highest BCUT2D eigenvalue weighted by molar-refractivity contribution is 5.73. The van der Waals surface area contributed by atoms with Crippen molar-refractivity contribution in [2.45, 2.75) is 106 Å². The molecule has 16 nitrogen and oxygen atoms in total. The monoisotopic (exact) mass is 529 g/mol. The van der Waals surface area contributed by atoms with Gasteiger partial charge in [0.15, 0.2) is 18.9 Å². The Morgan fingerprint density at radius 3 is 1.83 bits per heavy atom. The van der Waals surface area contributed by atoms with Crippen molar-refractivity contribution in [3.8, 4) is 0 Å². The number of carbonyl (C=O) groups is 1. The van der Waals surface area contributed by atoms with Gasteiger partial charge in [0.25, 0.3) is 0 Å². The topological polar surface area (TPSA) is 257 Å². The van der Waals surface area contributed by atoms with Crippen molar-refractivity contribution in [2.75, 3.05) is 13.2 Å². The SMILES string of the molecule is CC(=O)N[C@@H]1[C@@H](O[C@@H]2O[C@@H](C)[C@H](O[C@H]3O[C@H](CO)[C@@H](O)[C@H](O)[C@H]3O)[C@@H](O)[C@H]2O)[C@H](O)[C@@H](CO)O[C@H]1O. The molecule has 3 rings (SSSR count). The zero-order valence-electron chi connectivity index (χ0n) is 19.5. The van der Waals surface area contributed by atoms with E-state index in [0.29, 0.717) is 0 Å². The van der Waals surface area contributed by atoms with E-state index in [2.05, 4.69) is 5.32 Å². The minimum atomic E-state index is -1.83. The fourth-order valence-corrected chi connectivity index (χ4v) is 4.43. The van der Waals surface area contributed by atoms with Gasteiger partial charge in [-0.2, -0.15) is 0 Å². The van der Waals surface area contributed by atoms with Gasteiger partial charge in [0.05, 0.1) is 19.3 Å². The lowest BCUT2D eigenvalue weighted by Gasteiger charge is -2.48. The van der Waals surface area contributed by atoms with Gasteiger partial charge < -0.3 is 75.0 Å². The molecule has 0 aromatic carbocycles. The normalized spacial score (nSPS) is 50.0. The second-order valence-corrected chi connectivity index (χ2v) is 9.05. The molecule has 0 bridgehead atoms. The molecular weight excluding hydrogens is 494 g/mol. The molecule has 210 valence electrons. The van der Waals surface area contributed by atoms with Crippen molar-refractivity contribution >= 4 is 5.91 Å². The third kappa shape index (κ3) is 5.97. The predicted octanol–water partition coefficient (Wildman–Crippen LogP) is -6.40. The van der Waals surface area contributed by atoms with Gasteiger partial charge in [-0.15, -0.1) is 0 Å². The van der Waals surface area contributed by atoms with Crippen LogP contribution in [-0.4, -0.2) is 157 Å². The molecule has 3 aliphatic heterocycles. The Balaban J connectivity index is 1.72. The zero-order chi connectivity index (χ0) is 26.9. The van der Waals surface area contributed by atoms with Crippen LogP contribution >= 0.6 is 0 Å². The summed E-state index contributed by atoms with van der Waals surface area (Å²) in [4.78, 5) is 11.6. The molecule has 0 aromatic heterocycles. The second kappa shape index (κ2) is 12.2. The third-order valence-corrected chi connectivity index (χ3v) is 6.45. The van der Waals surface area contributed by atoms with Gasteiger partial charge in [-0.3, -0.25) is 4.79 Å². The van der Waals surface area contributed by atoms with Crippen molar-refractivity contribution in [3.63, 3.8) is 0 Å². The van der Waals surface area contributed by atoms with Gasteiger partial charge >= 0.3 is 0 Å². The molecule has 3 saturated heterocycles. The number of hydrogen-bond acceptors (Lipinski definition) is 15. The molecule has 0 aliphatic carbocycles. The standard InChI is InChI=1S/C20H35NO15/c1-5-16(35-20-14(29)12(27)10(25)7(3-22)34-20)13(28)15(30)19(32-5)36-17-9(21-6(2)24)18(31)33-8(4-23)11(17)26/h5,7-20,22-23,25-31H,3-4H2,1-2H3,(H,21,24)/t5-,7+,8+,9+,10+,11+,12-,13-,14+,15+,16-,17+,18+,19-,20+/m0/s1. The summed E-state index contributed by atoms with van der Waals surface area (Å²) < 4.78 is 27.1. The zero-order valence-corrected chi connectivity index (χ0v) is 19.5. The molecule has 10 N–H and O–H groups in total. The Bertz CT molecular complexity index is 729. The first kappa shape index (κ1) is 29.5. The minimum absolute atomic E-state index is 0.600. The summed E-state index contributed by atoms with van der Waals surface area (Å²) in [5.74, 6) is -0.600. The summed E-state index contributed by atoms with van der Waals surface area (Å²) >= 11 is 0. The number of nitrogens with one attached hydrogen (secondary N) is 1. The molecule has 1 amide bonds. The van der Waals surface area contributed by atoms with Gasteiger partial charge in [0.2, 0.25) is 5.91 Å². The third-order valence-electron chi connectivity index (χ3n) is 6.45. The maximum absolute atomic E-state index is 11.6. The summed E-state index contributed by atoms with van der Waals surface area (Å²) in [6, 6.07) is -1.33. The lowest BCUT2D eigenvalue weighted by Crippen LogP contribution is -2.68. The number of aliphatic hydroxyl groups excluding tert-OH is 9. The molecular formula is C20H35NO15. The van der Waals surface area contributed by atoms with E-state index < -0.39 is 111 Å². The lowest BCUT2D eigenvalue weighted by atomic mass is 9.95. The fraction of sp³-hybridized carbons (Fsp3) is 0.950. The van der Waals surface area contributed by atoms with Crippen LogP contribution in [0.15, 0.2) is 0 Å². The van der Waals surface area contributed by atoms with E-state index in [9.17, 15) is 50.8 Å². The summed E-state index contributed by atoms with van der Waals surface area (Å²) in [5.41, 5.74) is 0. The van der Waals surface area contributed by atoms with Gasteiger partial charge in [0, 0.05) is 6.92 Å². The average Bonchev–Trinajstić information content (AvgIpc) is 2.83. The van der Waals surface area contributed by atoms with E-state index in [0.717, 1.165) is 6.92 Å². The number of rotatable bonds is 7. The maximum Gasteiger partial charge on any atom is 0.217 e. The van der Waals surface area contributed by atoms with E-state index in [-0.39, 0.29) is 0 Å². The first-order valence-corrected chi connectivity index (χ1v) is 11.4. The maximum atomic E-state index is 11.6. The van der Waals surface area contributed by atoms with Crippen LogP contribution in [0.4, 0.5) is 0 Å². The van der Waals surface area contributed by atoms with Crippen molar-refractivity contribution in [1.82, 2.24) is 5.32 Å². The Morgan fingerprint density at radius 1 is 0.722 bits per heavy atom. The van der Waals surface area contributed by atoms with E-state index in [1.54, 1.807) is 0 Å². The highest BCUT2D eigenvalue weighted by Crippen LogP contribution is 2.32. The van der Waals surface area contributed by atoms with E-state index in [4.69, 9.17) is 23.7 Å². The Labute approximate surface area is 205 Å². The summed E-state index contributed by atoms with van der Waals surface area (Å²) in [6.45, 7) is 1.16. The number of aliphatic hydroxyl groups is 9. The molecule has 0 saturated carbocycles. The van der Waals surface area contributed by atoms with E-state index in [1.165, 1.54) is 6.92 Å². The molecule has 15 atom stereocenters. The molecule has 0 radical (unpaired) electrons. The minimum Gasteiger partial charge on any atom is -0.394 e. The summed E-state index contributed by atoms with van der Waals surface area (Å²) in [7, 11) is 0. The second-order valence-electron chi connectivity index (χ2n) is 9.05. The molecule has 0 spiro atoms. The molecule has 3 aliphatic rings. The van der Waals surface area contributed by atoms with Gasteiger partial charge in [-0.05, 0) is 6.92 Å². The highest BCUT2D eigenvalue weighted by Gasteiger charge is 2.52. The van der Waals surface area contributed by atoms with Crippen LogP contribution in [0.5, 0.6) is 0 Å². The largest absolute Gasteiger partial charge is 0.394 e. The van der Waals surface area contributed by atoms with Crippen LogP contribution in [0.25, 0.3) is 0 Å². The number of amides is 1. The molecule has 3 fully saturated rings. The van der Waals surface area contributed by atoms with Crippen molar-refractivity contribution in [3.05, 3.63) is 0 Å². The molecule has 0 unspecified atom stereocenters. The Kier molecular flexibility index (Phi) is 9.97. The smallest absolute Gasteiger partial charge is 0.217 e. The van der Waals surface area contributed by atoms with E-state index >= 15 is 0 Å². The lowest BCUT2D eigenvalue weighted by molar-refractivity contribution is -0.368. The number of carbonyl (C=O) groups excluding carboxylic acids is 1. The van der Waals surface area contributed by atoms with Crippen LogP contribution in [0.2, 0.25) is 0 Å². The van der Waals surface area contributed by atoms with E-state index in [1.807, 2.05) is 0 Å². The van der Waals surface area contributed by atoms with Gasteiger partial charge in [-0.25, -0.2) is 0 Å². The van der Waals surface area contributed by atoms with Gasteiger partial charge in [0.1, 0.15) is 67.1 Å². The van der Waals surface area contributed by atoms with Crippen LogP contribution in [0.3, 0.4) is 0 Å². The van der Waals surface area contributed by atoms with Crippen LogP contribution in [0.1, 0.15) is 13.8 Å². The Hall–Kier alpha value is -1.09. The average molecular weight is 529 g/mol. The molecule has 36 heavy (non-hydrogen) atoms. The first-order valence-electron chi connectivity index (χ1n) is 11.4. The van der Waals surface area contributed by atoms with Crippen LogP contribution in [-0.2, 0) is 28.5 Å². The number of ether oxygens (including phenoxy) is 5. The molecule has 3 heterocycles. The predicted molar refractivity (Wildman–Crippen MR) is 111 cm³/mol. The number of hydrogen-bond donors (Lipinski definition) is 10. The summed E-state index contributed by atoms with van der Waals surface area (Å²) in [5, 5.41) is 93.3. The van der Waals surface area contributed by atoms with Crippen molar-refractivity contribution in [1.29, 1.82) is 0 Å². The quantitative estimate of drug-likeness (QED) is 0.147. The summed E-state index contributed by atoms with van der Waals surface area (Å²) in [6.07, 6.45) is -21.6. The first-order chi connectivity index (χ1) is 16.9. The van der Waals surface area contributed by atoms with Crippen LogP contribution in [0, 0.1) is 0 Å². The fourth-order valence-electron chi connectivity index (χ4n) is 4.43.